The highest BCUT2D eigenvalue weighted by Gasteiger charge is 2.12. The Labute approximate surface area is 133 Å². The molecule has 0 aliphatic heterocycles. The molecule has 3 aromatic rings. The molecular weight excluding hydrogens is 292 g/mol. The van der Waals surface area contributed by atoms with Crippen LogP contribution in [-0.4, -0.2) is 20.6 Å². The molecule has 1 N–H and O–H groups in total. The van der Waals surface area contributed by atoms with Gasteiger partial charge in [-0.1, -0.05) is 26.0 Å². The fraction of sp³-hybridized carbons (Fsp3) is 0.167. The Kier molecular flexibility index (Phi) is 4.91. The number of fused-ring (bicyclic) bond motifs is 3. The predicted molar refractivity (Wildman–Crippen MR) is 92.0 cm³/mol. The van der Waals surface area contributed by atoms with Crippen LogP contribution in [0.25, 0.3) is 21.7 Å². The van der Waals surface area contributed by atoms with Gasteiger partial charge in [0.15, 0.2) is 0 Å². The Hall–Kier alpha value is -2.95. The molecule has 3 rings (SSSR count). The lowest BCUT2D eigenvalue weighted by Crippen LogP contribution is -2.20. The third kappa shape index (κ3) is 2.85. The van der Waals surface area contributed by atoms with Gasteiger partial charge in [-0.25, -0.2) is 4.79 Å². The van der Waals surface area contributed by atoms with E-state index in [-0.39, 0.29) is 11.1 Å². The molecule has 23 heavy (non-hydrogen) atoms. The van der Waals surface area contributed by atoms with Crippen molar-refractivity contribution < 1.29 is 9.90 Å². The van der Waals surface area contributed by atoms with Gasteiger partial charge in [0.2, 0.25) is 0 Å². The number of allylic oxidation sites excluding steroid dienone is 1. The zero-order valence-corrected chi connectivity index (χ0v) is 13.1. The largest absolute Gasteiger partial charge is 0.478 e. The number of aromatic carboxylic acids is 1. The van der Waals surface area contributed by atoms with Gasteiger partial charge in [0.1, 0.15) is 0 Å². The summed E-state index contributed by atoms with van der Waals surface area (Å²) in [7, 11) is 0. The van der Waals surface area contributed by atoms with Gasteiger partial charge in [-0.05, 0) is 23.6 Å². The number of aromatic nitrogens is 2. The molecular formula is C18H18N2O3. The smallest absolute Gasteiger partial charge is 0.335 e. The average Bonchev–Trinajstić information content (AvgIpc) is 2.60. The van der Waals surface area contributed by atoms with Crippen LogP contribution in [-0.2, 0) is 6.54 Å². The van der Waals surface area contributed by atoms with Crippen LogP contribution in [0.15, 0.2) is 54.1 Å². The standard InChI is InChI=1S/C16H12N2O3.C2H6/c1-2-7-18-14-8-10(16(20)21)3-4-12(14)11-5-6-17-9-13(11)15(18)19;1-2/h2-6,8-9H,1,7H2,(H,20,21);1-2H3. The number of carbonyl (C=O) groups is 1. The third-order valence-corrected chi connectivity index (χ3v) is 3.43. The van der Waals surface area contributed by atoms with E-state index in [1.165, 1.54) is 22.9 Å². The molecule has 0 spiro atoms. The molecule has 0 bridgehead atoms. The van der Waals surface area contributed by atoms with Crippen LogP contribution in [0.3, 0.4) is 0 Å². The second-order valence-electron chi connectivity index (χ2n) is 4.66. The number of rotatable bonds is 3. The van der Waals surface area contributed by atoms with Crippen molar-refractivity contribution in [3.05, 3.63) is 65.2 Å². The number of pyridine rings is 2. The summed E-state index contributed by atoms with van der Waals surface area (Å²) in [6.07, 6.45) is 4.75. The zero-order valence-electron chi connectivity index (χ0n) is 13.1. The summed E-state index contributed by atoms with van der Waals surface area (Å²) in [4.78, 5) is 27.7. The molecule has 0 radical (unpaired) electrons. The van der Waals surface area contributed by atoms with Crippen LogP contribution in [0, 0.1) is 0 Å². The van der Waals surface area contributed by atoms with Gasteiger partial charge in [-0.3, -0.25) is 9.78 Å². The molecule has 5 nitrogen and oxygen atoms in total. The molecule has 0 amide bonds. The van der Waals surface area contributed by atoms with Crippen molar-refractivity contribution in [2.24, 2.45) is 0 Å². The van der Waals surface area contributed by atoms with Gasteiger partial charge in [0, 0.05) is 24.3 Å². The second kappa shape index (κ2) is 6.87. The maximum Gasteiger partial charge on any atom is 0.335 e. The summed E-state index contributed by atoms with van der Waals surface area (Å²) in [6, 6.07) is 6.54. The van der Waals surface area contributed by atoms with Gasteiger partial charge >= 0.3 is 5.97 Å². The van der Waals surface area contributed by atoms with E-state index in [0.717, 1.165) is 10.8 Å². The van der Waals surface area contributed by atoms with Crippen molar-refractivity contribution in [1.29, 1.82) is 0 Å². The normalized spacial score (nSPS) is 10.2. The summed E-state index contributed by atoms with van der Waals surface area (Å²) in [5.41, 5.74) is 0.527. The predicted octanol–water partition coefficient (Wildman–Crippen LogP) is 3.46. The Morgan fingerprint density at radius 1 is 1.26 bits per heavy atom. The minimum absolute atomic E-state index is 0.146. The first-order valence-corrected chi connectivity index (χ1v) is 7.38. The summed E-state index contributed by atoms with van der Waals surface area (Å²) >= 11 is 0. The van der Waals surface area contributed by atoms with Crippen LogP contribution < -0.4 is 5.56 Å². The summed E-state index contributed by atoms with van der Waals surface area (Å²) < 4.78 is 1.51. The molecule has 118 valence electrons. The zero-order chi connectivity index (χ0) is 17.0. The molecule has 0 atom stereocenters. The minimum atomic E-state index is -1.02. The molecule has 0 unspecified atom stereocenters. The minimum Gasteiger partial charge on any atom is -0.478 e. The Morgan fingerprint density at radius 2 is 2.00 bits per heavy atom. The lowest BCUT2D eigenvalue weighted by atomic mass is 10.1. The fourth-order valence-electron chi connectivity index (χ4n) is 2.48. The number of carboxylic acids is 1. The van der Waals surface area contributed by atoms with E-state index in [4.69, 9.17) is 5.11 Å². The van der Waals surface area contributed by atoms with E-state index < -0.39 is 5.97 Å². The topological polar surface area (TPSA) is 72.2 Å². The maximum absolute atomic E-state index is 12.5. The molecule has 0 fully saturated rings. The van der Waals surface area contributed by atoms with E-state index in [2.05, 4.69) is 11.6 Å². The van der Waals surface area contributed by atoms with Crippen molar-refractivity contribution in [2.75, 3.05) is 0 Å². The van der Waals surface area contributed by atoms with E-state index in [9.17, 15) is 9.59 Å². The van der Waals surface area contributed by atoms with E-state index >= 15 is 0 Å². The van der Waals surface area contributed by atoms with E-state index in [0.29, 0.717) is 17.4 Å². The maximum atomic E-state index is 12.5. The van der Waals surface area contributed by atoms with Crippen molar-refractivity contribution >= 4 is 27.6 Å². The van der Waals surface area contributed by atoms with Gasteiger partial charge in [0.25, 0.3) is 5.56 Å². The highest BCUT2D eigenvalue weighted by atomic mass is 16.4. The Morgan fingerprint density at radius 3 is 2.65 bits per heavy atom. The van der Waals surface area contributed by atoms with Gasteiger partial charge in [-0.15, -0.1) is 6.58 Å². The van der Waals surface area contributed by atoms with Gasteiger partial charge in [-0.2, -0.15) is 0 Å². The second-order valence-corrected chi connectivity index (χ2v) is 4.66. The molecule has 0 saturated carbocycles. The third-order valence-electron chi connectivity index (χ3n) is 3.43. The molecule has 2 heterocycles. The molecule has 0 saturated heterocycles. The van der Waals surface area contributed by atoms with Crippen LogP contribution in [0.1, 0.15) is 24.2 Å². The highest BCUT2D eigenvalue weighted by Crippen LogP contribution is 2.23. The van der Waals surface area contributed by atoms with Crippen molar-refractivity contribution in [2.45, 2.75) is 20.4 Å². The number of hydrogen-bond donors (Lipinski definition) is 1. The SMILES string of the molecule is C=CCn1c(=O)c2cnccc2c2ccc(C(=O)O)cc21.CC. The van der Waals surface area contributed by atoms with Crippen LogP contribution >= 0.6 is 0 Å². The fourth-order valence-corrected chi connectivity index (χ4v) is 2.48. The number of nitrogens with zero attached hydrogens (tertiary/aromatic N) is 2. The van der Waals surface area contributed by atoms with Crippen molar-refractivity contribution in [1.82, 2.24) is 9.55 Å². The number of carboxylic acid groups (broad SMARTS) is 1. The van der Waals surface area contributed by atoms with Crippen molar-refractivity contribution in [3.8, 4) is 0 Å². The molecule has 2 aromatic heterocycles. The monoisotopic (exact) mass is 310 g/mol. The summed E-state index contributed by atoms with van der Waals surface area (Å²) in [5, 5.41) is 11.2. The first kappa shape index (κ1) is 16.4. The lowest BCUT2D eigenvalue weighted by Gasteiger charge is -2.11. The first-order valence-electron chi connectivity index (χ1n) is 7.38. The van der Waals surface area contributed by atoms with Crippen LogP contribution in [0.4, 0.5) is 0 Å². The Bertz CT molecular complexity index is 942. The molecule has 5 heteroatoms. The van der Waals surface area contributed by atoms with Gasteiger partial charge < -0.3 is 9.67 Å². The average molecular weight is 310 g/mol. The number of hydrogen-bond acceptors (Lipinski definition) is 3. The van der Waals surface area contributed by atoms with Gasteiger partial charge in [0.05, 0.1) is 16.5 Å². The van der Waals surface area contributed by atoms with E-state index in [1.54, 1.807) is 24.4 Å². The Balaban J connectivity index is 0.000000924. The quantitative estimate of drug-likeness (QED) is 0.594. The van der Waals surface area contributed by atoms with Crippen LogP contribution in [0.2, 0.25) is 0 Å². The molecule has 1 aromatic carbocycles. The van der Waals surface area contributed by atoms with E-state index in [1.807, 2.05) is 13.8 Å². The highest BCUT2D eigenvalue weighted by molar-refractivity contribution is 6.07. The molecule has 0 aliphatic carbocycles. The summed E-state index contributed by atoms with van der Waals surface area (Å²) in [5.74, 6) is -1.02. The molecule has 0 aliphatic rings. The van der Waals surface area contributed by atoms with Crippen LogP contribution in [0.5, 0.6) is 0 Å². The lowest BCUT2D eigenvalue weighted by molar-refractivity contribution is 0.0697. The first-order chi connectivity index (χ1) is 11.1. The number of benzene rings is 1. The summed E-state index contributed by atoms with van der Waals surface area (Å²) in [6.45, 7) is 7.96. The van der Waals surface area contributed by atoms with Crippen molar-refractivity contribution in [3.63, 3.8) is 0 Å².